The lowest BCUT2D eigenvalue weighted by atomic mass is 9.95. The van der Waals surface area contributed by atoms with Crippen molar-refractivity contribution in [3.63, 3.8) is 0 Å². The van der Waals surface area contributed by atoms with Gasteiger partial charge in [-0.15, -0.1) is 0 Å². The number of carbonyl (C=O) groups excluding carboxylic acids is 1. The third-order valence-corrected chi connectivity index (χ3v) is 3.68. The highest BCUT2D eigenvalue weighted by Gasteiger charge is 2.24. The van der Waals surface area contributed by atoms with Crippen molar-refractivity contribution in [3.05, 3.63) is 65.0 Å². The highest BCUT2D eigenvalue weighted by Crippen LogP contribution is 2.36. The maximum atomic E-state index is 11.3. The predicted molar refractivity (Wildman–Crippen MR) is 70.8 cm³/mol. The van der Waals surface area contributed by atoms with Crippen LogP contribution in [-0.2, 0) is 6.42 Å². The van der Waals surface area contributed by atoms with Gasteiger partial charge in [0.1, 0.15) is 0 Å². The molecule has 1 aromatic carbocycles. The molecule has 0 bridgehead atoms. The second kappa shape index (κ2) is 4.37. The number of hydrogen-bond acceptors (Lipinski definition) is 2. The Labute approximate surface area is 107 Å². The lowest BCUT2D eigenvalue weighted by Gasteiger charge is -2.11. The number of aryl methyl sites for hydroxylation is 1. The van der Waals surface area contributed by atoms with Gasteiger partial charge in [-0.1, -0.05) is 30.3 Å². The predicted octanol–water partition coefficient (Wildman–Crippen LogP) is 3.36. The minimum absolute atomic E-state index is 0.117. The summed E-state index contributed by atoms with van der Waals surface area (Å²) >= 11 is 0. The fourth-order valence-electron chi connectivity index (χ4n) is 2.69. The molecule has 0 aliphatic heterocycles. The maximum absolute atomic E-state index is 11.3. The van der Waals surface area contributed by atoms with Crippen LogP contribution in [0.2, 0.25) is 0 Å². The number of carbonyl (C=O) groups is 1. The summed E-state index contributed by atoms with van der Waals surface area (Å²) in [5.74, 6) is 0.508. The van der Waals surface area contributed by atoms with Crippen molar-refractivity contribution in [1.82, 2.24) is 4.98 Å². The van der Waals surface area contributed by atoms with Crippen molar-refractivity contribution in [1.29, 1.82) is 0 Å². The van der Waals surface area contributed by atoms with Crippen LogP contribution in [-0.4, -0.2) is 10.8 Å². The molecule has 2 nitrogen and oxygen atoms in total. The summed E-state index contributed by atoms with van der Waals surface area (Å²) in [6.07, 6.45) is 4.08. The van der Waals surface area contributed by atoms with Crippen LogP contribution in [0, 0.1) is 0 Å². The molecule has 0 fully saturated rings. The van der Waals surface area contributed by atoms with E-state index in [4.69, 9.17) is 0 Å². The van der Waals surface area contributed by atoms with Crippen molar-refractivity contribution >= 4 is 5.78 Å². The first-order valence-electron chi connectivity index (χ1n) is 6.30. The summed E-state index contributed by atoms with van der Waals surface area (Å²) in [7, 11) is 0. The summed E-state index contributed by atoms with van der Waals surface area (Å²) in [6, 6.07) is 12.1. The SMILES string of the molecule is CC(=O)c1ccc(C2CCc3cccnc32)cc1. The second-order valence-corrected chi connectivity index (χ2v) is 4.82. The quantitative estimate of drug-likeness (QED) is 0.750. The molecule has 0 N–H and O–H groups in total. The molecule has 18 heavy (non-hydrogen) atoms. The number of pyridine rings is 1. The Kier molecular flexibility index (Phi) is 2.71. The van der Waals surface area contributed by atoms with Gasteiger partial charge in [0.15, 0.2) is 5.78 Å². The summed E-state index contributed by atoms with van der Waals surface area (Å²) in [5.41, 5.74) is 4.60. The largest absolute Gasteiger partial charge is 0.295 e. The molecule has 0 radical (unpaired) electrons. The molecular formula is C16H15NO. The van der Waals surface area contributed by atoms with E-state index in [1.165, 1.54) is 16.8 Å². The van der Waals surface area contributed by atoms with Crippen LogP contribution in [0.4, 0.5) is 0 Å². The standard InChI is InChI=1S/C16H15NO/c1-11(18)12-4-6-13(7-5-12)15-9-8-14-3-2-10-17-16(14)15/h2-7,10,15H,8-9H2,1H3. The van der Waals surface area contributed by atoms with Crippen molar-refractivity contribution in [2.45, 2.75) is 25.7 Å². The number of benzene rings is 1. The van der Waals surface area contributed by atoms with Gasteiger partial charge >= 0.3 is 0 Å². The van der Waals surface area contributed by atoms with Crippen LogP contribution < -0.4 is 0 Å². The van der Waals surface area contributed by atoms with Crippen LogP contribution in [0.1, 0.15) is 46.4 Å². The third kappa shape index (κ3) is 1.84. The summed E-state index contributed by atoms with van der Waals surface area (Å²) < 4.78 is 0. The van der Waals surface area contributed by atoms with Gasteiger partial charge in [-0.3, -0.25) is 9.78 Å². The van der Waals surface area contributed by atoms with Gasteiger partial charge in [0.2, 0.25) is 0 Å². The smallest absolute Gasteiger partial charge is 0.159 e. The molecule has 1 heterocycles. The molecule has 0 saturated carbocycles. The van der Waals surface area contributed by atoms with Gasteiger partial charge in [0.05, 0.1) is 5.69 Å². The Bertz CT molecular complexity index is 586. The molecular weight excluding hydrogens is 222 g/mol. The third-order valence-electron chi connectivity index (χ3n) is 3.68. The average molecular weight is 237 g/mol. The van der Waals surface area contributed by atoms with Crippen molar-refractivity contribution in [2.75, 3.05) is 0 Å². The number of fused-ring (bicyclic) bond motifs is 1. The monoisotopic (exact) mass is 237 g/mol. The molecule has 3 rings (SSSR count). The van der Waals surface area contributed by atoms with Gasteiger partial charge < -0.3 is 0 Å². The Morgan fingerprint density at radius 1 is 1.22 bits per heavy atom. The molecule has 1 aromatic heterocycles. The Morgan fingerprint density at radius 2 is 2.00 bits per heavy atom. The van der Waals surface area contributed by atoms with Crippen LogP contribution in [0.25, 0.3) is 0 Å². The van der Waals surface area contributed by atoms with E-state index in [-0.39, 0.29) is 5.78 Å². The zero-order valence-electron chi connectivity index (χ0n) is 10.4. The molecule has 1 unspecified atom stereocenters. The van der Waals surface area contributed by atoms with Crippen molar-refractivity contribution in [3.8, 4) is 0 Å². The average Bonchev–Trinajstić information content (AvgIpc) is 2.82. The number of hydrogen-bond donors (Lipinski definition) is 0. The lowest BCUT2D eigenvalue weighted by Crippen LogP contribution is -1.99. The van der Waals surface area contributed by atoms with Gasteiger partial charge in [0, 0.05) is 17.7 Å². The van der Waals surface area contributed by atoms with Crippen LogP contribution in [0.3, 0.4) is 0 Å². The highest BCUT2D eigenvalue weighted by molar-refractivity contribution is 5.94. The van der Waals surface area contributed by atoms with E-state index in [0.29, 0.717) is 5.92 Å². The van der Waals surface area contributed by atoms with Crippen molar-refractivity contribution in [2.24, 2.45) is 0 Å². The van der Waals surface area contributed by atoms with E-state index in [1.54, 1.807) is 6.92 Å². The van der Waals surface area contributed by atoms with Crippen LogP contribution in [0.15, 0.2) is 42.6 Å². The normalized spacial score (nSPS) is 17.5. The first-order valence-corrected chi connectivity index (χ1v) is 6.30. The molecule has 2 aromatic rings. The maximum Gasteiger partial charge on any atom is 0.159 e. The zero-order valence-corrected chi connectivity index (χ0v) is 10.4. The number of aromatic nitrogens is 1. The number of ketones is 1. The van der Waals surface area contributed by atoms with Crippen LogP contribution in [0.5, 0.6) is 0 Å². The first kappa shape index (κ1) is 11.1. The molecule has 1 atom stereocenters. The highest BCUT2D eigenvalue weighted by atomic mass is 16.1. The molecule has 1 aliphatic rings. The number of rotatable bonds is 2. The van der Waals surface area contributed by atoms with Gasteiger partial charge in [-0.2, -0.15) is 0 Å². The Balaban J connectivity index is 1.95. The minimum atomic E-state index is 0.117. The Hall–Kier alpha value is -1.96. The summed E-state index contributed by atoms with van der Waals surface area (Å²) in [4.78, 5) is 15.8. The summed E-state index contributed by atoms with van der Waals surface area (Å²) in [6.45, 7) is 1.60. The van der Waals surface area contributed by atoms with Gasteiger partial charge in [0.25, 0.3) is 0 Å². The zero-order chi connectivity index (χ0) is 12.5. The molecule has 90 valence electrons. The van der Waals surface area contributed by atoms with E-state index in [9.17, 15) is 4.79 Å². The molecule has 0 amide bonds. The van der Waals surface area contributed by atoms with Crippen LogP contribution >= 0.6 is 0 Å². The minimum Gasteiger partial charge on any atom is -0.295 e. The van der Waals surface area contributed by atoms with Gasteiger partial charge in [-0.25, -0.2) is 0 Å². The fourth-order valence-corrected chi connectivity index (χ4v) is 2.69. The van der Waals surface area contributed by atoms with E-state index >= 15 is 0 Å². The Morgan fingerprint density at radius 3 is 2.72 bits per heavy atom. The van der Waals surface area contributed by atoms with E-state index in [1.807, 2.05) is 24.4 Å². The van der Waals surface area contributed by atoms with Crippen molar-refractivity contribution < 1.29 is 4.79 Å². The van der Waals surface area contributed by atoms with E-state index in [0.717, 1.165) is 18.4 Å². The second-order valence-electron chi connectivity index (χ2n) is 4.82. The molecule has 0 saturated heterocycles. The topological polar surface area (TPSA) is 30.0 Å². The summed E-state index contributed by atoms with van der Waals surface area (Å²) in [5, 5.41) is 0. The lowest BCUT2D eigenvalue weighted by molar-refractivity contribution is 0.101. The molecule has 1 aliphatic carbocycles. The first-order chi connectivity index (χ1) is 8.75. The van der Waals surface area contributed by atoms with E-state index < -0.39 is 0 Å². The number of nitrogens with zero attached hydrogens (tertiary/aromatic N) is 1. The molecule has 2 heteroatoms. The fraction of sp³-hybridized carbons (Fsp3) is 0.250. The molecule has 0 spiro atoms. The number of Topliss-reactive ketones (excluding diaryl/α,β-unsaturated/α-hetero) is 1. The van der Waals surface area contributed by atoms with E-state index in [2.05, 4.69) is 23.2 Å². The van der Waals surface area contributed by atoms with Gasteiger partial charge in [-0.05, 0) is 37.0 Å².